The summed E-state index contributed by atoms with van der Waals surface area (Å²) in [5.41, 5.74) is 0.978. The van der Waals surface area contributed by atoms with Gasteiger partial charge in [-0.05, 0) is 24.3 Å². The molecular weight excluding hydrogens is 311 g/mol. The zero-order valence-electron chi connectivity index (χ0n) is 11.0. The summed E-state index contributed by atoms with van der Waals surface area (Å²) in [6, 6.07) is 6.12. The average Bonchev–Trinajstić information content (AvgIpc) is 2.94. The van der Waals surface area contributed by atoms with E-state index in [0.717, 1.165) is 0 Å². The quantitative estimate of drug-likeness (QED) is 0.654. The number of benzene rings is 1. The van der Waals surface area contributed by atoms with Gasteiger partial charge in [0.25, 0.3) is 5.91 Å². The zero-order valence-corrected chi connectivity index (χ0v) is 12.5. The van der Waals surface area contributed by atoms with Gasteiger partial charge in [0.2, 0.25) is 0 Å². The van der Waals surface area contributed by atoms with Crippen LogP contribution in [0.1, 0.15) is 26.4 Å². The molecule has 108 valence electrons. The zero-order chi connectivity index (χ0) is 15.4. The lowest BCUT2D eigenvalue weighted by molar-refractivity contribution is 0.0953. The molecule has 0 saturated heterocycles. The van der Waals surface area contributed by atoms with E-state index in [0.29, 0.717) is 28.4 Å². The van der Waals surface area contributed by atoms with Crippen molar-refractivity contribution in [1.29, 1.82) is 0 Å². The number of rotatable bonds is 5. The summed E-state index contributed by atoms with van der Waals surface area (Å²) < 4.78 is 0. The maximum atomic E-state index is 12.3. The smallest absolute Gasteiger partial charge is 0.267 e. The number of aromatic nitrogens is 1. The van der Waals surface area contributed by atoms with Gasteiger partial charge in [0.05, 0.1) is 5.02 Å². The van der Waals surface area contributed by atoms with Crippen LogP contribution in [0.15, 0.2) is 43.1 Å². The van der Waals surface area contributed by atoms with E-state index in [1.54, 1.807) is 18.2 Å². The van der Waals surface area contributed by atoms with Gasteiger partial charge in [0.15, 0.2) is 5.78 Å². The summed E-state index contributed by atoms with van der Waals surface area (Å²) in [5, 5.41) is 3.34. The molecule has 1 amide bonds. The molecule has 1 aromatic heterocycles. The molecule has 6 heteroatoms. The highest BCUT2D eigenvalue weighted by Crippen LogP contribution is 2.23. The van der Waals surface area contributed by atoms with Crippen molar-refractivity contribution in [3.05, 3.63) is 70.0 Å². The van der Waals surface area contributed by atoms with Crippen molar-refractivity contribution in [2.45, 2.75) is 0 Å². The summed E-state index contributed by atoms with van der Waals surface area (Å²) >= 11 is 11.8. The van der Waals surface area contributed by atoms with Gasteiger partial charge in [-0.1, -0.05) is 29.3 Å². The Labute approximate surface area is 131 Å². The van der Waals surface area contributed by atoms with Crippen LogP contribution in [0.25, 0.3) is 0 Å². The topological polar surface area (TPSA) is 62.0 Å². The lowest BCUT2D eigenvalue weighted by Gasteiger charge is -2.02. The summed E-state index contributed by atoms with van der Waals surface area (Å²) in [6.07, 6.45) is 3.04. The number of carbonyl (C=O) groups is 2. The molecule has 4 nitrogen and oxygen atoms in total. The predicted octanol–water partition coefficient (Wildman–Crippen LogP) is 3.47. The molecule has 0 atom stereocenters. The summed E-state index contributed by atoms with van der Waals surface area (Å²) in [7, 11) is 0. The molecule has 2 N–H and O–H groups in total. The number of ketones is 1. The van der Waals surface area contributed by atoms with E-state index >= 15 is 0 Å². The highest BCUT2D eigenvalue weighted by atomic mass is 35.5. The molecule has 1 heterocycles. The molecule has 21 heavy (non-hydrogen) atoms. The first-order valence-corrected chi connectivity index (χ1v) is 6.85. The van der Waals surface area contributed by atoms with Crippen molar-refractivity contribution in [2.24, 2.45) is 0 Å². The second-order valence-corrected chi connectivity index (χ2v) is 5.10. The molecule has 0 spiro atoms. The molecule has 1 aromatic carbocycles. The van der Waals surface area contributed by atoms with Gasteiger partial charge in [-0.2, -0.15) is 0 Å². The molecule has 0 bridgehead atoms. The van der Waals surface area contributed by atoms with Crippen molar-refractivity contribution in [2.75, 3.05) is 6.54 Å². The molecule has 0 aliphatic heterocycles. The number of hydrogen-bond acceptors (Lipinski definition) is 2. The Bertz CT molecular complexity index is 707. The number of aromatic amines is 1. The molecule has 0 aliphatic carbocycles. The highest BCUT2D eigenvalue weighted by Gasteiger charge is 2.16. The second-order valence-electron chi connectivity index (χ2n) is 4.25. The third-order valence-electron chi connectivity index (χ3n) is 2.77. The van der Waals surface area contributed by atoms with Crippen LogP contribution < -0.4 is 5.32 Å². The summed E-state index contributed by atoms with van der Waals surface area (Å²) in [5.74, 6) is -0.591. The molecule has 2 aromatic rings. The van der Waals surface area contributed by atoms with Crippen LogP contribution in [-0.2, 0) is 0 Å². The van der Waals surface area contributed by atoms with Gasteiger partial charge in [-0.25, -0.2) is 0 Å². The van der Waals surface area contributed by atoms with Gasteiger partial charge >= 0.3 is 0 Å². The Hall–Kier alpha value is -2.04. The van der Waals surface area contributed by atoms with Crippen LogP contribution >= 0.6 is 23.2 Å². The first-order chi connectivity index (χ1) is 10.0. The van der Waals surface area contributed by atoms with Crippen LogP contribution in [0.5, 0.6) is 0 Å². The Morgan fingerprint density at radius 3 is 2.71 bits per heavy atom. The third kappa shape index (κ3) is 3.54. The minimum Gasteiger partial charge on any atom is -0.356 e. The molecule has 0 aliphatic rings. The number of amides is 1. The van der Waals surface area contributed by atoms with Crippen molar-refractivity contribution < 1.29 is 9.59 Å². The van der Waals surface area contributed by atoms with Gasteiger partial charge in [0.1, 0.15) is 5.69 Å². The Morgan fingerprint density at radius 2 is 2.05 bits per heavy atom. The first-order valence-electron chi connectivity index (χ1n) is 6.10. The van der Waals surface area contributed by atoms with Crippen molar-refractivity contribution in [3.63, 3.8) is 0 Å². The Kier molecular flexibility index (Phi) is 4.83. The molecule has 0 radical (unpaired) electrons. The lowest BCUT2D eigenvalue weighted by Crippen LogP contribution is -2.23. The minimum atomic E-state index is -0.309. The van der Waals surface area contributed by atoms with E-state index in [4.69, 9.17) is 23.2 Å². The second kappa shape index (κ2) is 6.61. The van der Waals surface area contributed by atoms with Gasteiger partial charge in [-0.15, -0.1) is 6.58 Å². The fourth-order valence-electron chi connectivity index (χ4n) is 1.75. The molecule has 0 fully saturated rings. The standard InChI is InChI=1S/C15H12Cl2N2O2/c1-2-5-18-15(21)13-6-9(8-19-13)14(20)11-4-3-10(16)7-12(11)17/h2-4,6-8,19H,1,5H2,(H,18,21). The third-order valence-corrected chi connectivity index (χ3v) is 3.32. The fraction of sp³-hybridized carbons (Fsp3) is 0.0667. The van der Waals surface area contributed by atoms with Gasteiger partial charge in [0, 0.05) is 28.9 Å². The number of carbonyl (C=O) groups excluding carboxylic acids is 2. The van der Waals surface area contributed by atoms with Crippen LogP contribution in [0.3, 0.4) is 0 Å². The monoisotopic (exact) mass is 322 g/mol. The minimum absolute atomic E-state index is 0.270. The van der Waals surface area contributed by atoms with E-state index in [9.17, 15) is 9.59 Å². The maximum absolute atomic E-state index is 12.3. The van der Waals surface area contributed by atoms with Crippen LogP contribution in [-0.4, -0.2) is 23.2 Å². The van der Waals surface area contributed by atoms with E-state index in [2.05, 4.69) is 16.9 Å². The van der Waals surface area contributed by atoms with Crippen LogP contribution in [0.4, 0.5) is 0 Å². The van der Waals surface area contributed by atoms with Crippen molar-refractivity contribution in [1.82, 2.24) is 10.3 Å². The highest BCUT2D eigenvalue weighted by molar-refractivity contribution is 6.37. The maximum Gasteiger partial charge on any atom is 0.267 e. The predicted molar refractivity (Wildman–Crippen MR) is 83.2 cm³/mol. The number of hydrogen-bond donors (Lipinski definition) is 2. The van der Waals surface area contributed by atoms with E-state index < -0.39 is 0 Å². The van der Waals surface area contributed by atoms with Gasteiger partial charge < -0.3 is 10.3 Å². The average molecular weight is 323 g/mol. The summed E-state index contributed by atoms with van der Waals surface area (Å²) in [6.45, 7) is 3.86. The van der Waals surface area contributed by atoms with E-state index in [1.807, 2.05) is 0 Å². The lowest BCUT2D eigenvalue weighted by atomic mass is 10.1. The molecule has 0 saturated carbocycles. The van der Waals surface area contributed by atoms with Gasteiger partial charge in [-0.3, -0.25) is 9.59 Å². The van der Waals surface area contributed by atoms with Crippen LogP contribution in [0.2, 0.25) is 10.0 Å². The van der Waals surface area contributed by atoms with Crippen LogP contribution in [0, 0.1) is 0 Å². The summed E-state index contributed by atoms with van der Waals surface area (Å²) in [4.78, 5) is 26.8. The number of halogens is 2. The van der Waals surface area contributed by atoms with Crippen molar-refractivity contribution in [3.8, 4) is 0 Å². The van der Waals surface area contributed by atoms with Crippen molar-refractivity contribution >= 4 is 34.9 Å². The largest absolute Gasteiger partial charge is 0.356 e. The Balaban J connectivity index is 2.22. The van der Waals surface area contributed by atoms with E-state index in [-0.39, 0.29) is 16.7 Å². The fourth-order valence-corrected chi connectivity index (χ4v) is 2.24. The van der Waals surface area contributed by atoms with E-state index in [1.165, 1.54) is 18.3 Å². The first kappa shape index (κ1) is 15.4. The number of H-pyrrole nitrogens is 1. The molecule has 2 rings (SSSR count). The molecular formula is C15H12Cl2N2O2. The normalized spacial score (nSPS) is 10.2. The number of nitrogens with one attached hydrogen (secondary N) is 2. The SMILES string of the molecule is C=CCNC(=O)c1cc(C(=O)c2ccc(Cl)cc2Cl)c[nH]1. The molecule has 0 unspecified atom stereocenters. The Morgan fingerprint density at radius 1 is 1.29 bits per heavy atom.